The summed E-state index contributed by atoms with van der Waals surface area (Å²) < 4.78 is 6.89. The second kappa shape index (κ2) is 11.1. The number of primary amides is 1. The van der Waals surface area contributed by atoms with E-state index in [2.05, 4.69) is 20.5 Å². The average molecular weight is 514 g/mol. The third-order valence-electron chi connectivity index (χ3n) is 5.88. The molecule has 1 fully saturated rings. The Morgan fingerprint density at radius 3 is 2.32 bits per heavy atom. The minimum Gasteiger partial charge on any atom is -0.444 e. The number of aromatic nitrogens is 2. The summed E-state index contributed by atoms with van der Waals surface area (Å²) in [5, 5.41) is 6.28. The quantitative estimate of drug-likeness (QED) is 0.513. The zero-order valence-corrected chi connectivity index (χ0v) is 22.8. The zero-order chi connectivity index (χ0) is 27.5. The molecule has 1 aliphatic heterocycles. The first-order valence-electron chi connectivity index (χ1n) is 12.6. The maximum absolute atomic E-state index is 13.0. The van der Waals surface area contributed by atoms with Crippen LogP contribution in [0.5, 0.6) is 0 Å². The van der Waals surface area contributed by atoms with Crippen LogP contribution in [0.4, 0.5) is 27.9 Å². The molecular weight excluding hydrogens is 474 g/mol. The van der Waals surface area contributed by atoms with Crippen molar-refractivity contribution in [1.29, 1.82) is 0 Å². The Balaban J connectivity index is 1.81. The van der Waals surface area contributed by atoms with Crippen LogP contribution in [0.15, 0.2) is 23.0 Å². The molecule has 4 N–H and O–H groups in total. The number of hydrogen-bond acceptors (Lipinski definition) is 8. The second-order valence-electron chi connectivity index (χ2n) is 10.5. The maximum atomic E-state index is 13.0. The Morgan fingerprint density at radius 1 is 1.16 bits per heavy atom. The van der Waals surface area contributed by atoms with Crippen molar-refractivity contribution in [2.75, 3.05) is 41.7 Å². The number of nitrogens with two attached hydrogens (primary N) is 1. The molecule has 1 aromatic carbocycles. The SMILES string of the molecule is CCn1c(NC(C)C)nc(Nc2ccc(N3CCN(C(=O)OC(C)(C)C)CC3)c(C)c2)c(C(N)=O)c1=O. The van der Waals surface area contributed by atoms with E-state index >= 15 is 0 Å². The number of nitrogens with one attached hydrogen (secondary N) is 2. The lowest BCUT2D eigenvalue weighted by Crippen LogP contribution is -2.50. The molecule has 2 aromatic rings. The van der Waals surface area contributed by atoms with Crippen molar-refractivity contribution in [3.63, 3.8) is 0 Å². The van der Waals surface area contributed by atoms with Crippen LogP contribution in [0.25, 0.3) is 0 Å². The molecule has 0 unspecified atom stereocenters. The fraction of sp³-hybridized carbons (Fsp3) is 0.538. The normalized spacial score (nSPS) is 14.1. The van der Waals surface area contributed by atoms with Gasteiger partial charge in [0.2, 0.25) is 5.95 Å². The van der Waals surface area contributed by atoms with Crippen molar-refractivity contribution in [3.8, 4) is 0 Å². The van der Waals surface area contributed by atoms with Crippen LogP contribution >= 0.6 is 0 Å². The maximum Gasteiger partial charge on any atom is 0.410 e. The second-order valence-corrected chi connectivity index (χ2v) is 10.5. The first-order chi connectivity index (χ1) is 17.3. The number of hydrogen-bond donors (Lipinski definition) is 3. The van der Waals surface area contributed by atoms with E-state index in [9.17, 15) is 14.4 Å². The number of rotatable bonds is 7. The minimum atomic E-state index is -0.838. The molecule has 11 nitrogen and oxygen atoms in total. The highest BCUT2D eigenvalue weighted by Crippen LogP contribution is 2.27. The van der Waals surface area contributed by atoms with Crippen molar-refractivity contribution in [2.45, 2.75) is 66.7 Å². The van der Waals surface area contributed by atoms with Crippen molar-refractivity contribution in [1.82, 2.24) is 14.5 Å². The molecule has 0 aliphatic carbocycles. The van der Waals surface area contributed by atoms with Crippen LogP contribution in [0.2, 0.25) is 0 Å². The summed E-state index contributed by atoms with van der Waals surface area (Å²) in [4.78, 5) is 46.1. The fourth-order valence-electron chi connectivity index (χ4n) is 4.21. The summed E-state index contributed by atoms with van der Waals surface area (Å²) in [5.41, 5.74) is 7.08. The molecule has 0 atom stereocenters. The molecule has 37 heavy (non-hydrogen) atoms. The minimum absolute atomic E-state index is 0.0364. The van der Waals surface area contributed by atoms with Gasteiger partial charge in [0.05, 0.1) is 0 Å². The van der Waals surface area contributed by atoms with Crippen molar-refractivity contribution >= 4 is 35.1 Å². The Kier molecular flexibility index (Phi) is 8.35. The van der Waals surface area contributed by atoms with Crippen LogP contribution in [0.1, 0.15) is 57.5 Å². The van der Waals surface area contributed by atoms with Crippen molar-refractivity contribution < 1.29 is 14.3 Å². The van der Waals surface area contributed by atoms with Gasteiger partial charge < -0.3 is 30.9 Å². The Labute approximate surface area is 218 Å². The highest BCUT2D eigenvalue weighted by molar-refractivity contribution is 5.98. The molecule has 1 aliphatic rings. The van der Waals surface area contributed by atoms with E-state index in [0.29, 0.717) is 44.4 Å². The van der Waals surface area contributed by atoms with Gasteiger partial charge in [0, 0.05) is 50.1 Å². The lowest BCUT2D eigenvalue weighted by Gasteiger charge is -2.37. The summed E-state index contributed by atoms with van der Waals surface area (Å²) in [6, 6.07) is 5.82. The van der Waals surface area contributed by atoms with Crippen LogP contribution in [0, 0.1) is 6.92 Å². The molecule has 3 rings (SSSR count). The molecular formula is C26H39N7O4. The largest absolute Gasteiger partial charge is 0.444 e. The van der Waals surface area contributed by atoms with Crippen LogP contribution < -0.4 is 26.8 Å². The third kappa shape index (κ3) is 6.72. The standard InChI is InChI=1S/C26H39N7O4/c1-8-33-23(35)20(21(27)34)22(30-24(33)28-16(2)3)29-18-9-10-19(17(4)15-18)31-11-13-32(14-12-31)25(36)37-26(5,6)7/h9-10,15-16,29H,8,11-14H2,1-7H3,(H2,27,34)(H,28,30). The van der Waals surface area contributed by atoms with E-state index in [-0.39, 0.29) is 23.5 Å². The molecule has 0 bridgehead atoms. The molecule has 0 saturated carbocycles. The molecule has 1 saturated heterocycles. The average Bonchev–Trinajstić information content (AvgIpc) is 2.77. The summed E-state index contributed by atoms with van der Waals surface area (Å²) in [5.74, 6) is -0.357. The van der Waals surface area contributed by atoms with Crippen molar-refractivity contribution in [3.05, 3.63) is 39.7 Å². The topological polar surface area (TPSA) is 135 Å². The summed E-state index contributed by atoms with van der Waals surface area (Å²) in [6.45, 7) is 16.1. The van der Waals surface area contributed by atoms with Gasteiger partial charge in [-0.05, 0) is 72.2 Å². The van der Waals surface area contributed by atoms with E-state index in [0.717, 1.165) is 11.3 Å². The van der Waals surface area contributed by atoms with Gasteiger partial charge in [-0.3, -0.25) is 14.2 Å². The number of carbonyl (C=O) groups is 2. The monoisotopic (exact) mass is 513 g/mol. The zero-order valence-electron chi connectivity index (χ0n) is 22.8. The Morgan fingerprint density at radius 2 is 1.81 bits per heavy atom. The van der Waals surface area contributed by atoms with Crippen LogP contribution in [-0.2, 0) is 11.3 Å². The van der Waals surface area contributed by atoms with Gasteiger partial charge in [0.25, 0.3) is 11.5 Å². The third-order valence-corrected chi connectivity index (χ3v) is 5.88. The van der Waals surface area contributed by atoms with Gasteiger partial charge in [0.15, 0.2) is 5.82 Å². The highest BCUT2D eigenvalue weighted by atomic mass is 16.6. The highest BCUT2D eigenvalue weighted by Gasteiger charge is 2.27. The van der Waals surface area contributed by atoms with Gasteiger partial charge in [-0.15, -0.1) is 0 Å². The van der Waals surface area contributed by atoms with Gasteiger partial charge >= 0.3 is 6.09 Å². The first-order valence-corrected chi connectivity index (χ1v) is 12.6. The fourth-order valence-corrected chi connectivity index (χ4v) is 4.21. The van der Waals surface area contributed by atoms with Crippen LogP contribution in [0.3, 0.4) is 0 Å². The molecule has 202 valence electrons. The van der Waals surface area contributed by atoms with Crippen molar-refractivity contribution in [2.24, 2.45) is 5.73 Å². The van der Waals surface area contributed by atoms with Gasteiger partial charge in [-0.1, -0.05) is 0 Å². The van der Waals surface area contributed by atoms with E-state index in [1.54, 1.807) is 4.90 Å². The molecule has 0 spiro atoms. The van der Waals surface area contributed by atoms with E-state index in [4.69, 9.17) is 10.5 Å². The van der Waals surface area contributed by atoms with E-state index in [1.807, 2.05) is 66.7 Å². The van der Waals surface area contributed by atoms with Crippen LogP contribution in [-0.4, -0.2) is 64.3 Å². The molecule has 11 heteroatoms. The molecule has 2 heterocycles. The number of ether oxygens (including phenoxy) is 1. The van der Waals surface area contributed by atoms with Gasteiger partial charge in [-0.2, -0.15) is 4.98 Å². The molecule has 1 aromatic heterocycles. The van der Waals surface area contributed by atoms with Gasteiger partial charge in [0.1, 0.15) is 11.2 Å². The number of anilines is 4. The number of carbonyl (C=O) groups excluding carboxylic acids is 2. The van der Waals surface area contributed by atoms with E-state index < -0.39 is 17.1 Å². The smallest absolute Gasteiger partial charge is 0.410 e. The predicted octanol–water partition coefficient (Wildman–Crippen LogP) is 3.29. The lowest BCUT2D eigenvalue weighted by atomic mass is 10.1. The predicted molar refractivity (Wildman–Crippen MR) is 146 cm³/mol. The molecule has 0 radical (unpaired) electrons. The van der Waals surface area contributed by atoms with Gasteiger partial charge in [-0.25, -0.2) is 4.79 Å². The number of piperazine rings is 1. The first kappa shape index (κ1) is 27.8. The number of amides is 2. The number of nitrogens with zero attached hydrogens (tertiary/aromatic N) is 4. The Bertz CT molecular complexity index is 1210. The number of benzene rings is 1. The summed E-state index contributed by atoms with van der Waals surface area (Å²) >= 11 is 0. The summed E-state index contributed by atoms with van der Waals surface area (Å²) in [6.07, 6.45) is -0.294. The Hall–Kier alpha value is -3.76. The summed E-state index contributed by atoms with van der Waals surface area (Å²) in [7, 11) is 0. The van der Waals surface area contributed by atoms with E-state index in [1.165, 1.54) is 4.57 Å². The number of aryl methyl sites for hydroxylation is 1. The molecule has 2 amide bonds. The lowest BCUT2D eigenvalue weighted by molar-refractivity contribution is 0.0240.